The van der Waals surface area contributed by atoms with Crippen LogP contribution >= 0.6 is 11.3 Å². The van der Waals surface area contributed by atoms with Crippen molar-refractivity contribution in [1.29, 1.82) is 0 Å². The Morgan fingerprint density at radius 3 is 3.11 bits per heavy atom. The van der Waals surface area contributed by atoms with Crippen molar-refractivity contribution in [2.24, 2.45) is 5.92 Å². The van der Waals surface area contributed by atoms with E-state index in [2.05, 4.69) is 4.90 Å². The number of hydrogen-bond acceptors (Lipinski definition) is 4. The number of amides is 1. The molecule has 4 nitrogen and oxygen atoms in total. The largest absolute Gasteiger partial charge is 0.396 e. The molecule has 1 aliphatic heterocycles. The van der Waals surface area contributed by atoms with Crippen molar-refractivity contribution in [3.05, 3.63) is 22.4 Å². The third kappa shape index (κ3) is 3.54. The predicted octanol–water partition coefficient (Wildman–Crippen LogP) is 1.02. The molecular formula is C13H20N2O2S. The van der Waals surface area contributed by atoms with E-state index >= 15 is 0 Å². The van der Waals surface area contributed by atoms with Crippen molar-refractivity contribution in [1.82, 2.24) is 9.80 Å². The highest BCUT2D eigenvalue weighted by Crippen LogP contribution is 2.16. The molecule has 0 spiro atoms. The van der Waals surface area contributed by atoms with E-state index in [0.717, 1.165) is 19.5 Å². The molecule has 2 heterocycles. The molecule has 0 aromatic carbocycles. The Balaban J connectivity index is 1.77. The van der Waals surface area contributed by atoms with E-state index in [1.54, 1.807) is 16.2 Å². The van der Waals surface area contributed by atoms with Crippen LogP contribution in [0.3, 0.4) is 0 Å². The van der Waals surface area contributed by atoms with Crippen molar-refractivity contribution in [2.45, 2.75) is 13.0 Å². The summed E-state index contributed by atoms with van der Waals surface area (Å²) in [5.74, 6) is 0.502. The SMILES string of the molecule is CN(Cc1cccs1)C(=O)CN1CCC(CO)C1. The molecule has 1 fully saturated rings. The van der Waals surface area contributed by atoms with Gasteiger partial charge in [-0.25, -0.2) is 0 Å². The second kappa shape index (κ2) is 6.31. The number of rotatable bonds is 5. The van der Waals surface area contributed by atoms with E-state index in [4.69, 9.17) is 5.11 Å². The molecule has 1 aliphatic rings. The van der Waals surface area contributed by atoms with Gasteiger partial charge in [0.05, 0.1) is 13.1 Å². The highest BCUT2D eigenvalue weighted by Gasteiger charge is 2.24. The molecule has 0 saturated carbocycles. The van der Waals surface area contributed by atoms with Crippen molar-refractivity contribution >= 4 is 17.2 Å². The van der Waals surface area contributed by atoms with Crippen molar-refractivity contribution in [3.63, 3.8) is 0 Å². The molecule has 1 atom stereocenters. The lowest BCUT2D eigenvalue weighted by Crippen LogP contribution is -2.37. The fraction of sp³-hybridized carbons (Fsp3) is 0.615. The Hall–Kier alpha value is -0.910. The Morgan fingerprint density at radius 2 is 2.50 bits per heavy atom. The lowest BCUT2D eigenvalue weighted by atomic mass is 10.1. The molecule has 5 heteroatoms. The summed E-state index contributed by atoms with van der Waals surface area (Å²) in [5.41, 5.74) is 0. The maximum absolute atomic E-state index is 12.0. The van der Waals surface area contributed by atoms with E-state index < -0.39 is 0 Å². The molecule has 0 bridgehead atoms. The Bertz CT molecular complexity index is 380. The van der Waals surface area contributed by atoms with Crippen molar-refractivity contribution in [3.8, 4) is 0 Å². The lowest BCUT2D eigenvalue weighted by molar-refractivity contribution is -0.131. The van der Waals surface area contributed by atoms with E-state index in [-0.39, 0.29) is 12.5 Å². The average molecular weight is 268 g/mol. The Labute approximate surface area is 112 Å². The molecule has 1 unspecified atom stereocenters. The lowest BCUT2D eigenvalue weighted by Gasteiger charge is -2.21. The topological polar surface area (TPSA) is 43.8 Å². The number of likely N-dealkylation sites (N-methyl/N-ethyl adjacent to an activating group) is 1. The first-order chi connectivity index (χ1) is 8.69. The smallest absolute Gasteiger partial charge is 0.236 e. The van der Waals surface area contributed by atoms with Crippen molar-refractivity contribution in [2.75, 3.05) is 33.3 Å². The zero-order chi connectivity index (χ0) is 13.0. The van der Waals surface area contributed by atoms with Gasteiger partial charge < -0.3 is 10.0 Å². The summed E-state index contributed by atoms with van der Waals surface area (Å²) in [6, 6.07) is 4.05. The Morgan fingerprint density at radius 1 is 1.67 bits per heavy atom. The minimum Gasteiger partial charge on any atom is -0.396 e. The summed E-state index contributed by atoms with van der Waals surface area (Å²) in [7, 11) is 1.85. The van der Waals surface area contributed by atoms with Crippen LogP contribution in [0.1, 0.15) is 11.3 Å². The van der Waals surface area contributed by atoms with Gasteiger partial charge in [-0.3, -0.25) is 9.69 Å². The van der Waals surface area contributed by atoms with Crippen LogP contribution in [0.4, 0.5) is 0 Å². The zero-order valence-corrected chi connectivity index (χ0v) is 11.5. The van der Waals surface area contributed by atoms with Gasteiger partial charge in [-0.2, -0.15) is 0 Å². The van der Waals surface area contributed by atoms with E-state index in [9.17, 15) is 4.79 Å². The van der Waals surface area contributed by atoms with Gasteiger partial charge >= 0.3 is 0 Å². The summed E-state index contributed by atoms with van der Waals surface area (Å²) in [5, 5.41) is 11.1. The fourth-order valence-corrected chi connectivity index (χ4v) is 3.00. The molecule has 0 radical (unpaired) electrons. The molecule has 18 heavy (non-hydrogen) atoms. The molecule has 0 aliphatic carbocycles. The monoisotopic (exact) mass is 268 g/mol. The molecule has 1 amide bonds. The Kier molecular flexibility index (Phi) is 4.74. The van der Waals surface area contributed by atoms with Crippen LogP contribution in [0.2, 0.25) is 0 Å². The molecule has 2 rings (SSSR count). The van der Waals surface area contributed by atoms with Gasteiger partial charge in [0, 0.05) is 25.1 Å². The molecule has 1 saturated heterocycles. The van der Waals surface area contributed by atoms with Crippen LogP contribution in [0, 0.1) is 5.92 Å². The molecule has 1 N–H and O–H groups in total. The van der Waals surface area contributed by atoms with Gasteiger partial charge in [-0.1, -0.05) is 6.07 Å². The number of thiophene rings is 1. The first kappa shape index (κ1) is 13.5. The highest BCUT2D eigenvalue weighted by atomic mass is 32.1. The average Bonchev–Trinajstić information content (AvgIpc) is 3.00. The van der Waals surface area contributed by atoms with E-state index in [1.165, 1.54) is 4.88 Å². The number of carbonyl (C=O) groups excluding carboxylic acids is 1. The summed E-state index contributed by atoms with van der Waals surface area (Å²) >= 11 is 1.67. The third-order valence-corrected chi connectivity index (χ3v) is 4.25. The van der Waals surface area contributed by atoms with Gasteiger partial charge in [-0.15, -0.1) is 11.3 Å². The maximum atomic E-state index is 12.0. The summed E-state index contributed by atoms with van der Waals surface area (Å²) in [6.45, 7) is 3.15. The number of aliphatic hydroxyl groups excluding tert-OH is 1. The van der Waals surface area contributed by atoms with Crippen LogP contribution in [0.5, 0.6) is 0 Å². The zero-order valence-electron chi connectivity index (χ0n) is 10.7. The predicted molar refractivity (Wildman–Crippen MR) is 72.4 cm³/mol. The first-order valence-corrected chi connectivity index (χ1v) is 7.16. The van der Waals surface area contributed by atoms with Crippen LogP contribution in [0.25, 0.3) is 0 Å². The number of carbonyl (C=O) groups is 1. The number of aliphatic hydroxyl groups is 1. The maximum Gasteiger partial charge on any atom is 0.236 e. The van der Waals surface area contributed by atoms with Gasteiger partial charge in [-0.05, 0) is 30.3 Å². The van der Waals surface area contributed by atoms with Crippen LogP contribution in [0.15, 0.2) is 17.5 Å². The van der Waals surface area contributed by atoms with Gasteiger partial charge in [0.15, 0.2) is 0 Å². The van der Waals surface area contributed by atoms with Gasteiger partial charge in [0.1, 0.15) is 0 Å². The normalized spacial score (nSPS) is 20.2. The minimum absolute atomic E-state index is 0.155. The molecule has 100 valence electrons. The van der Waals surface area contributed by atoms with Gasteiger partial charge in [0.25, 0.3) is 0 Å². The second-order valence-electron chi connectivity index (χ2n) is 4.90. The quantitative estimate of drug-likeness (QED) is 0.867. The number of likely N-dealkylation sites (tertiary alicyclic amines) is 1. The molecule has 1 aromatic heterocycles. The number of nitrogens with zero attached hydrogens (tertiary/aromatic N) is 2. The highest BCUT2D eigenvalue weighted by molar-refractivity contribution is 7.09. The third-order valence-electron chi connectivity index (χ3n) is 3.39. The van der Waals surface area contributed by atoms with Crippen LogP contribution in [-0.4, -0.2) is 54.1 Å². The minimum atomic E-state index is 0.155. The second-order valence-corrected chi connectivity index (χ2v) is 5.93. The van der Waals surface area contributed by atoms with E-state index in [1.807, 2.05) is 24.6 Å². The molecular weight excluding hydrogens is 248 g/mol. The standard InChI is InChI=1S/C13H20N2O2S/c1-14(8-12-3-2-6-18-12)13(17)9-15-5-4-11(7-15)10-16/h2-3,6,11,16H,4-5,7-10H2,1H3. The first-order valence-electron chi connectivity index (χ1n) is 6.28. The number of hydrogen-bond donors (Lipinski definition) is 1. The summed E-state index contributed by atoms with van der Waals surface area (Å²) in [4.78, 5) is 17.2. The molecule has 1 aromatic rings. The van der Waals surface area contributed by atoms with Crippen LogP contribution in [-0.2, 0) is 11.3 Å². The summed E-state index contributed by atoms with van der Waals surface area (Å²) in [6.07, 6.45) is 0.998. The van der Waals surface area contributed by atoms with Crippen LogP contribution < -0.4 is 0 Å². The fourth-order valence-electron chi connectivity index (χ4n) is 2.24. The van der Waals surface area contributed by atoms with Crippen molar-refractivity contribution < 1.29 is 9.90 Å². The summed E-state index contributed by atoms with van der Waals surface area (Å²) < 4.78 is 0. The van der Waals surface area contributed by atoms with E-state index in [0.29, 0.717) is 19.0 Å². The van der Waals surface area contributed by atoms with Gasteiger partial charge in [0.2, 0.25) is 5.91 Å².